The van der Waals surface area contributed by atoms with Gasteiger partial charge in [0.15, 0.2) is 17.3 Å². The Morgan fingerprint density at radius 1 is 1.10 bits per heavy atom. The molecule has 2 heterocycles. The van der Waals surface area contributed by atoms with Crippen molar-refractivity contribution in [3.8, 4) is 22.8 Å². The minimum atomic E-state index is -0.679. The predicted molar refractivity (Wildman–Crippen MR) is 111 cm³/mol. The third-order valence-corrected chi connectivity index (χ3v) is 6.30. The van der Waals surface area contributed by atoms with E-state index in [-0.39, 0.29) is 11.7 Å². The molecule has 0 N–H and O–H groups in total. The number of aromatic nitrogens is 1. The first-order valence-corrected chi connectivity index (χ1v) is 10.3. The summed E-state index contributed by atoms with van der Waals surface area (Å²) < 4.78 is 30.4. The summed E-state index contributed by atoms with van der Waals surface area (Å²) in [7, 11) is 3.22. The zero-order valence-electron chi connectivity index (χ0n) is 17.5. The molecule has 31 heavy (non-hydrogen) atoms. The number of fused-ring (bicyclic) bond motifs is 1. The van der Waals surface area contributed by atoms with Gasteiger partial charge in [0.2, 0.25) is 5.91 Å². The van der Waals surface area contributed by atoms with Gasteiger partial charge in [-0.3, -0.25) is 4.79 Å². The highest BCUT2D eigenvalue weighted by Gasteiger charge is 2.55. The van der Waals surface area contributed by atoms with E-state index in [1.165, 1.54) is 6.07 Å². The maximum atomic E-state index is 14.1. The van der Waals surface area contributed by atoms with E-state index >= 15 is 0 Å². The van der Waals surface area contributed by atoms with Crippen molar-refractivity contribution in [2.75, 3.05) is 20.8 Å². The molecule has 5 rings (SSSR count). The average molecular weight is 422 g/mol. The van der Waals surface area contributed by atoms with Crippen molar-refractivity contribution in [3.63, 3.8) is 0 Å². The number of benzene rings is 2. The van der Waals surface area contributed by atoms with Crippen molar-refractivity contribution in [1.82, 2.24) is 10.1 Å². The van der Waals surface area contributed by atoms with E-state index in [1.54, 1.807) is 38.5 Å². The summed E-state index contributed by atoms with van der Waals surface area (Å²) in [4.78, 5) is 15.4. The van der Waals surface area contributed by atoms with Crippen molar-refractivity contribution >= 4 is 5.91 Å². The van der Waals surface area contributed by atoms with E-state index in [0.717, 1.165) is 17.5 Å². The molecule has 0 spiro atoms. The van der Waals surface area contributed by atoms with Crippen molar-refractivity contribution in [3.05, 3.63) is 65.1 Å². The fraction of sp³-hybridized carbons (Fsp3) is 0.333. The molecular weight excluding hydrogens is 399 g/mol. The van der Waals surface area contributed by atoms with Crippen LogP contribution in [0.1, 0.15) is 29.7 Å². The van der Waals surface area contributed by atoms with Crippen molar-refractivity contribution in [2.45, 2.75) is 31.2 Å². The standard InChI is InChI=1S/C24H23FN2O4/c1-29-20-11-15-7-10-27(14-16(15)12-21(20)30-2)23(28)24(8-9-24)22-13-19(31-26-22)17-5-3-4-6-18(17)25/h3-6,11-13H,7-10,14H2,1-2H3. The topological polar surface area (TPSA) is 64.8 Å². The third kappa shape index (κ3) is 3.24. The normalized spacial score (nSPS) is 16.5. The van der Waals surface area contributed by atoms with Crippen LogP contribution in [-0.2, 0) is 23.2 Å². The van der Waals surface area contributed by atoms with Crippen LogP contribution < -0.4 is 9.47 Å². The Bertz CT molecular complexity index is 1150. The summed E-state index contributed by atoms with van der Waals surface area (Å²) in [6.45, 7) is 1.13. The highest BCUT2D eigenvalue weighted by Crippen LogP contribution is 2.50. The number of amides is 1. The third-order valence-electron chi connectivity index (χ3n) is 6.30. The number of ether oxygens (including phenoxy) is 2. The van der Waals surface area contributed by atoms with Crippen LogP contribution in [0.5, 0.6) is 11.5 Å². The zero-order chi connectivity index (χ0) is 21.6. The summed E-state index contributed by atoms with van der Waals surface area (Å²) in [5.74, 6) is 1.36. The number of methoxy groups -OCH3 is 2. The monoisotopic (exact) mass is 422 g/mol. The largest absolute Gasteiger partial charge is 0.493 e. The molecular formula is C24H23FN2O4. The first kappa shape index (κ1) is 19.6. The fourth-order valence-electron chi connectivity index (χ4n) is 4.35. The number of hydrogen-bond donors (Lipinski definition) is 0. The zero-order valence-corrected chi connectivity index (χ0v) is 17.5. The van der Waals surface area contributed by atoms with Gasteiger partial charge < -0.3 is 18.9 Å². The number of carbonyl (C=O) groups excluding carboxylic acids is 1. The molecule has 0 saturated heterocycles. The highest BCUT2D eigenvalue weighted by atomic mass is 19.1. The maximum Gasteiger partial charge on any atom is 0.235 e. The molecule has 1 aliphatic heterocycles. The van der Waals surface area contributed by atoms with Crippen LogP contribution in [0.3, 0.4) is 0 Å². The van der Waals surface area contributed by atoms with E-state index in [4.69, 9.17) is 14.0 Å². The van der Waals surface area contributed by atoms with Crippen LogP contribution in [0.4, 0.5) is 4.39 Å². The van der Waals surface area contributed by atoms with Gasteiger partial charge in [0, 0.05) is 19.2 Å². The molecule has 1 fully saturated rings. The van der Waals surface area contributed by atoms with E-state index in [1.807, 2.05) is 17.0 Å². The summed E-state index contributed by atoms with van der Waals surface area (Å²) in [6, 6.07) is 12.0. The van der Waals surface area contributed by atoms with Gasteiger partial charge in [-0.2, -0.15) is 0 Å². The Labute approximate surface area is 179 Å². The van der Waals surface area contributed by atoms with Crippen molar-refractivity contribution < 1.29 is 23.2 Å². The second-order valence-corrected chi connectivity index (χ2v) is 8.09. The molecule has 1 amide bonds. The number of halogens is 1. The van der Waals surface area contributed by atoms with E-state index in [9.17, 15) is 9.18 Å². The number of carbonyl (C=O) groups is 1. The quantitative estimate of drug-likeness (QED) is 0.619. The van der Waals surface area contributed by atoms with Gasteiger partial charge >= 0.3 is 0 Å². The number of rotatable bonds is 5. The molecule has 3 aromatic rings. The molecule has 7 heteroatoms. The smallest absolute Gasteiger partial charge is 0.235 e. The molecule has 1 aromatic heterocycles. The minimum absolute atomic E-state index is 0.0429. The molecule has 0 radical (unpaired) electrons. The fourth-order valence-corrected chi connectivity index (χ4v) is 4.35. The Morgan fingerprint density at radius 3 is 2.48 bits per heavy atom. The molecule has 0 bridgehead atoms. The van der Waals surface area contributed by atoms with Gasteiger partial charge in [-0.15, -0.1) is 0 Å². The second kappa shape index (κ2) is 7.41. The SMILES string of the molecule is COc1cc2c(cc1OC)CN(C(=O)C1(c3cc(-c4ccccc4F)on3)CC1)CC2. The van der Waals surface area contributed by atoms with E-state index < -0.39 is 5.41 Å². The molecule has 1 aliphatic carbocycles. The van der Waals surface area contributed by atoms with Gasteiger partial charge in [0.25, 0.3) is 0 Å². The van der Waals surface area contributed by atoms with Gasteiger partial charge in [0.1, 0.15) is 5.82 Å². The minimum Gasteiger partial charge on any atom is -0.493 e. The van der Waals surface area contributed by atoms with Crippen molar-refractivity contribution in [1.29, 1.82) is 0 Å². The van der Waals surface area contributed by atoms with Crippen molar-refractivity contribution in [2.24, 2.45) is 0 Å². The lowest BCUT2D eigenvalue weighted by Gasteiger charge is -2.32. The summed E-state index contributed by atoms with van der Waals surface area (Å²) in [5, 5.41) is 4.15. The van der Waals surface area contributed by atoms with Crippen LogP contribution >= 0.6 is 0 Å². The number of nitrogens with zero attached hydrogens (tertiary/aromatic N) is 2. The molecule has 160 valence electrons. The Kier molecular flexibility index (Phi) is 4.68. The lowest BCUT2D eigenvalue weighted by atomic mass is 9.94. The van der Waals surface area contributed by atoms with Crippen LogP contribution in [0.25, 0.3) is 11.3 Å². The first-order valence-electron chi connectivity index (χ1n) is 10.3. The second-order valence-electron chi connectivity index (χ2n) is 8.09. The van der Waals surface area contributed by atoms with Crippen LogP contribution in [0.15, 0.2) is 47.0 Å². The van der Waals surface area contributed by atoms with Crippen LogP contribution in [0.2, 0.25) is 0 Å². The molecule has 0 unspecified atom stereocenters. The van der Waals surface area contributed by atoms with E-state index in [2.05, 4.69) is 5.16 Å². The number of hydrogen-bond acceptors (Lipinski definition) is 5. The van der Waals surface area contributed by atoms with Crippen LogP contribution in [0, 0.1) is 5.82 Å². The highest BCUT2D eigenvalue weighted by molar-refractivity contribution is 5.91. The average Bonchev–Trinajstić information content (AvgIpc) is 3.47. The summed E-state index contributed by atoms with van der Waals surface area (Å²) in [6.07, 6.45) is 2.17. The maximum absolute atomic E-state index is 14.1. The Balaban J connectivity index is 1.39. The lowest BCUT2D eigenvalue weighted by Crippen LogP contribution is -2.42. The summed E-state index contributed by atoms with van der Waals surface area (Å²) in [5.41, 5.74) is 2.46. The van der Waals surface area contributed by atoms with Gasteiger partial charge in [-0.25, -0.2) is 4.39 Å². The Hall–Kier alpha value is -3.35. The van der Waals surface area contributed by atoms with Gasteiger partial charge in [0.05, 0.1) is 30.9 Å². The van der Waals surface area contributed by atoms with E-state index in [0.29, 0.717) is 54.4 Å². The predicted octanol–water partition coefficient (Wildman–Crippen LogP) is 4.11. The molecule has 6 nitrogen and oxygen atoms in total. The summed E-state index contributed by atoms with van der Waals surface area (Å²) >= 11 is 0. The first-order chi connectivity index (χ1) is 15.1. The van der Waals surface area contributed by atoms with Gasteiger partial charge in [-0.1, -0.05) is 17.3 Å². The molecule has 1 saturated carbocycles. The molecule has 2 aromatic carbocycles. The molecule has 0 atom stereocenters. The lowest BCUT2D eigenvalue weighted by molar-refractivity contribution is -0.135. The van der Waals surface area contributed by atoms with Gasteiger partial charge in [-0.05, 0) is 54.7 Å². The Morgan fingerprint density at radius 2 is 1.81 bits per heavy atom. The molecule has 2 aliphatic rings. The van der Waals surface area contributed by atoms with Crippen LogP contribution in [-0.4, -0.2) is 36.7 Å².